The van der Waals surface area contributed by atoms with Gasteiger partial charge < -0.3 is 10.0 Å². The molecule has 0 aromatic rings. The molecular formula is C48H87NO2. The molecule has 0 aromatic carbocycles. The molecule has 296 valence electrons. The van der Waals surface area contributed by atoms with Gasteiger partial charge >= 0.3 is 0 Å². The van der Waals surface area contributed by atoms with Crippen LogP contribution in [0.5, 0.6) is 0 Å². The highest BCUT2D eigenvalue weighted by atomic mass is 16.3. The number of Topliss-reactive ketones (excluding diaryl/α,β-unsaturated/α-hetero) is 1. The van der Waals surface area contributed by atoms with Crippen molar-refractivity contribution in [2.24, 2.45) is 46.3 Å². The number of carbonyl (C=O) groups excluding carboxylic acids is 1. The molecule has 0 spiro atoms. The summed E-state index contributed by atoms with van der Waals surface area (Å²) in [7, 11) is 3.91. The van der Waals surface area contributed by atoms with E-state index in [0.29, 0.717) is 23.2 Å². The Bertz CT molecular complexity index is 1030. The lowest BCUT2D eigenvalue weighted by molar-refractivity contribution is -0.119. The molecule has 3 nitrogen and oxygen atoms in total. The van der Waals surface area contributed by atoms with Gasteiger partial charge in [0, 0.05) is 6.42 Å². The largest absolute Gasteiger partial charge is 0.393 e. The number of rotatable bonds is 22. The minimum atomic E-state index is -0.0766. The van der Waals surface area contributed by atoms with E-state index >= 15 is 0 Å². The van der Waals surface area contributed by atoms with Crippen LogP contribution >= 0.6 is 0 Å². The fourth-order valence-electron chi connectivity index (χ4n) is 11.5. The Morgan fingerprint density at radius 1 is 0.824 bits per heavy atom. The minimum Gasteiger partial charge on any atom is -0.393 e. The number of hydrogen-bond donors (Lipinski definition) is 1. The van der Waals surface area contributed by atoms with Crippen molar-refractivity contribution in [3.63, 3.8) is 0 Å². The summed E-state index contributed by atoms with van der Waals surface area (Å²) >= 11 is 0. The number of allylic oxidation sites excluding steroid dienone is 3. The number of aliphatic hydroxyl groups excluding tert-OH is 1. The summed E-state index contributed by atoms with van der Waals surface area (Å²) in [6, 6.07) is 0. The third-order valence-corrected chi connectivity index (χ3v) is 14.5. The maximum atomic E-state index is 11.5. The fraction of sp³-hybridized carbons (Fsp3) is 0.896. The van der Waals surface area contributed by atoms with E-state index in [-0.39, 0.29) is 6.10 Å². The highest BCUT2D eigenvalue weighted by Crippen LogP contribution is 2.67. The smallest absolute Gasteiger partial charge is 0.146 e. The highest BCUT2D eigenvalue weighted by Gasteiger charge is 2.59. The van der Waals surface area contributed by atoms with Crippen molar-refractivity contribution in [1.82, 2.24) is 4.90 Å². The first kappa shape index (κ1) is 44.5. The summed E-state index contributed by atoms with van der Waals surface area (Å²) in [5, 5.41) is 10.2. The van der Waals surface area contributed by atoms with Gasteiger partial charge in [-0.25, -0.2) is 0 Å². The Morgan fingerprint density at radius 2 is 1.47 bits per heavy atom. The minimum absolute atomic E-state index is 0.0766. The van der Waals surface area contributed by atoms with E-state index in [9.17, 15) is 9.90 Å². The zero-order valence-corrected chi connectivity index (χ0v) is 35.5. The van der Waals surface area contributed by atoms with Gasteiger partial charge in [-0.1, -0.05) is 136 Å². The molecule has 0 aromatic heterocycles. The van der Waals surface area contributed by atoms with Crippen LogP contribution in [0.1, 0.15) is 202 Å². The molecule has 0 amide bonds. The number of fused-ring (bicyclic) bond motifs is 5. The Morgan fingerprint density at radius 3 is 2.12 bits per heavy atom. The van der Waals surface area contributed by atoms with E-state index in [0.717, 1.165) is 61.2 Å². The van der Waals surface area contributed by atoms with Gasteiger partial charge in [0.1, 0.15) is 5.78 Å². The quantitative estimate of drug-likeness (QED) is 0.0898. The number of aliphatic hydroxyl groups is 1. The number of likely N-dealkylation sites (N-methyl/N-ethyl adjacent to an activating group) is 1. The second-order valence-corrected chi connectivity index (χ2v) is 19.3. The Labute approximate surface area is 318 Å². The predicted molar refractivity (Wildman–Crippen MR) is 222 cm³/mol. The molecule has 4 rings (SSSR count). The first-order chi connectivity index (χ1) is 24.4. The van der Waals surface area contributed by atoms with Gasteiger partial charge in [-0.05, 0) is 144 Å². The molecule has 3 heteroatoms. The number of unbranched alkanes of at least 4 members (excludes halogenated alkanes) is 11. The van der Waals surface area contributed by atoms with Crippen LogP contribution in [0.3, 0.4) is 0 Å². The van der Waals surface area contributed by atoms with Crippen molar-refractivity contribution in [2.45, 2.75) is 208 Å². The Balaban J connectivity index is 0.000000283. The Kier molecular flexibility index (Phi) is 20.1. The Hall–Kier alpha value is -0.930. The van der Waals surface area contributed by atoms with E-state index < -0.39 is 0 Å². The monoisotopic (exact) mass is 710 g/mol. The summed E-state index contributed by atoms with van der Waals surface area (Å²) in [6.45, 7) is 15.4. The van der Waals surface area contributed by atoms with E-state index in [1.54, 1.807) is 5.57 Å². The summed E-state index contributed by atoms with van der Waals surface area (Å²) < 4.78 is 0. The van der Waals surface area contributed by atoms with Gasteiger partial charge in [0.25, 0.3) is 0 Å². The highest BCUT2D eigenvalue weighted by molar-refractivity contribution is 5.80. The average molecular weight is 710 g/mol. The van der Waals surface area contributed by atoms with Crippen LogP contribution in [0.15, 0.2) is 23.8 Å². The van der Waals surface area contributed by atoms with Crippen LogP contribution in [0, 0.1) is 46.3 Å². The van der Waals surface area contributed by atoms with Crippen LogP contribution in [-0.4, -0.2) is 42.5 Å². The predicted octanol–water partition coefficient (Wildman–Crippen LogP) is 13.5. The molecule has 0 radical (unpaired) electrons. The number of hydrogen-bond acceptors (Lipinski definition) is 3. The van der Waals surface area contributed by atoms with E-state index in [2.05, 4.69) is 59.8 Å². The molecule has 4 aliphatic carbocycles. The van der Waals surface area contributed by atoms with Crippen LogP contribution in [0.25, 0.3) is 0 Å². The molecule has 8 atom stereocenters. The van der Waals surface area contributed by atoms with E-state index in [4.69, 9.17) is 0 Å². The third kappa shape index (κ3) is 14.0. The molecule has 4 aliphatic rings. The summed E-state index contributed by atoms with van der Waals surface area (Å²) in [6.07, 6.45) is 39.7. The van der Waals surface area contributed by atoms with Crippen molar-refractivity contribution in [3.8, 4) is 0 Å². The lowest BCUT2D eigenvalue weighted by Crippen LogP contribution is -2.50. The average Bonchev–Trinajstić information content (AvgIpc) is 3.44. The molecule has 0 bridgehead atoms. The standard InChI is InChI=1S/C27H46O.C21H41NO/c1-18(2)7-6-8-19(3)23-11-12-24-22-10-9-20-17-21(28)13-15-26(20,4)25(22)14-16-27(23,24)5;1-4-5-6-7-8-9-10-11-12-13-14-15-16-17-18-19-21(23)20-22(2)3/h9,18-19,21-25,28H,6-8,10-17H2,1-5H3;11-12H,4-10,13-20H2,1-3H3/b;12-11-/t19?,21-,22-,23+,24-,25-,26-,27+;/m0./s1. The van der Waals surface area contributed by atoms with Crippen LogP contribution in [0.2, 0.25) is 0 Å². The molecule has 1 unspecified atom stereocenters. The first-order valence-corrected chi connectivity index (χ1v) is 22.6. The lowest BCUT2D eigenvalue weighted by Gasteiger charge is -2.58. The number of carbonyl (C=O) groups is 1. The zero-order valence-electron chi connectivity index (χ0n) is 35.5. The summed E-state index contributed by atoms with van der Waals surface area (Å²) in [5.41, 5.74) is 2.60. The molecule has 0 saturated heterocycles. The SMILES string of the molecule is CC(C)CCCC(C)[C@H]1CC[C@H]2[C@@H]3CC=C4C[C@@H](O)CC[C@]4(C)[C@H]3CC[C@]12C.CCCCCCCC/C=C\CCCCCCCC(=O)CN(C)C. The molecular weight excluding hydrogens is 623 g/mol. The van der Waals surface area contributed by atoms with Crippen LogP contribution < -0.4 is 0 Å². The second kappa shape index (κ2) is 23.1. The van der Waals surface area contributed by atoms with Crippen molar-refractivity contribution < 1.29 is 9.90 Å². The van der Waals surface area contributed by atoms with Gasteiger partial charge in [-0.2, -0.15) is 0 Å². The topological polar surface area (TPSA) is 40.5 Å². The molecule has 3 saturated carbocycles. The lowest BCUT2D eigenvalue weighted by atomic mass is 9.47. The van der Waals surface area contributed by atoms with Crippen LogP contribution in [0.4, 0.5) is 0 Å². The van der Waals surface area contributed by atoms with E-state index in [1.165, 1.54) is 135 Å². The second-order valence-electron chi connectivity index (χ2n) is 19.3. The van der Waals surface area contributed by atoms with Crippen molar-refractivity contribution >= 4 is 5.78 Å². The number of nitrogens with zero attached hydrogens (tertiary/aromatic N) is 1. The normalized spacial score (nSPS) is 30.8. The maximum absolute atomic E-state index is 11.5. The van der Waals surface area contributed by atoms with Gasteiger partial charge in [-0.3, -0.25) is 4.79 Å². The van der Waals surface area contributed by atoms with Crippen molar-refractivity contribution in [3.05, 3.63) is 23.8 Å². The molecule has 1 N–H and O–H groups in total. The van der Waals surface area contributed by atoms with Gasteiger partial charge in [0.2, 0.25) is 0 Å². The summed E-state index contributed by atoms with van der Waals surface area (Å²) in [5.74, 6) is 5.84. The first-order valence-electron chi connectivity index (χ1n) is 22.6. The molecule has 0 heterocycles. The maximum Gasteiger partial charge on any atom is 0.146 e. The summed E-state index contributed by atoms with van der Waals surface area (Å²) in [4.78, 5) is 13.5. The van der Waals surface area contributed by atoms with Gasteiger partial charge in [-0.15, -0.1) is 0 Å². The van der Waals surface area contributed by atoms with Gasteiger partial charge in [0.05, 0.1) is 12.6 Å². The van der Waals surface area contributed by atoms with E-state index in [1.807, 2.05) is 19.0 Å². The third-order valence-electron chi connectivity index (χ3n) is 14.5. The molecule has 0 aliphatic heterocycles. The number of ketones is 1. The zero-order chi connectivity index (χ0) is 37.3. The molecule has 3 fully saturated rings. The fourth-order valence-corrected chi connectivity index (χ4v) is 11.5. The van der Waals surface area contributed by atoms with Crippen molar-refractivity contribution in [2.75, 3.05) is 20.6 Å². The van der Waals surface area contributed by atoms with Crippen molar-refractivity contribution in [1.29, 1.82) is 0 Å². The van der Waals surface area contributed by atoms with Crippen LogP contribution in [-0.2, 0) is 4.79 Å². The van der Waals surface area contributed by atoms with Gasteiger partial charge in [0.15, 0.2) is 0 Å². The molecule has 51 heavy (non-hydrogen) atoms.